The van der Waals surface area contributed by atoms with E-state index in [1.165, 1.54) is 25.3 Å². The lowest BCUT2D eigenvalue weighted by Gasteiger charge is -2.21. The van der Waals surface area contributed by atoms with Gasteiger partial charge >= 0.3 is 11.9 Å². The number of hydrogen-bond donors (Lipinski definition) is 1. The first kappa shape index (κ1) is 21.3. The fourth-order valence-electron chi connectivity index (χ4n) is 2.46. The van der Waals surface area contributed by atoms with Crippen LogP contribution in [0.3, 0.4) is 0 Å². The zero-order valence-corrected chi connectivity index (χ0v) is 16.4. The van der Waals surface area contributed by atoms with E-state index in [1.807, 2.05) is 6.92 Å². The number of nitro groups is 1. The molecule has 2 atom stereocenters. The summed E-state index contributed by atoms with van der Waals surface area (Å²) in [7, 11) is 1.23. The van der Waals surface area contributed by atoms with E-state index >= 15 is 0 Å². The number of nitrogens with one attached hydrogen (secondary N) is 1. The summed E-state index contributed by atoms with van der Waals surface area (Å²) in [4.78, 5) is 46.6. The molecule has 150 valence electrons. The lowest BCUT2D eigenvalue weighted by atomic mass is 9.99. The quantitative estimate of drug-likeness (QED) is 0.404. The largest absolute Gasteiger partial charge is 0.467 e. The van der Waals surface area contributed by atoms with E-state index in [1.54, 1.807) is 13.0 Å². The Morgan fingerprint density at radius 2 is 2.00 bits per heavy atom. The molecule has 1 aromatic carbocycles. The van der Waals surface area contributed by atoms with Crippen LogP contribution in [-0.4, -0.2) is 42.5 Å². The number of benzene rings is 1. The average molecular weight is 408 g/mol. The highest BCUT2D eigenvalue weighted by atomic mass is 32.1. The molecule has 0 aliphatic heterocycles. The molecule has 0 bridgehead atoms. The smallest absolute Gasteiger partial charge is 0.348 e. The van der Waals surface area contributed by atoms with Crippen LogP contribution in [0.2, 0.25) is 0 Å². The van der Waals surface area contributed by atoms with E-state index in [0.29, 0.717) is 16.5 Å². The highest BCUT2D eigenvalue weighted by molar-refractivity contribution is 7.20. The zero-order chi connectivity index (χ0) is 20.8. The van der Waals surface area contributed by atoms with Gasteiger partial charge in [0.2, 0.25) is 0 Å². The first-order chi connectivity index (χ1) is 13.3. The van der Waals surface area contributed by atoms with Gasteiger partial charge in [-0.05, 0) is 18.1 Å². The fourth-order valence-corrected chi connectivity index (χ4v) is 3.40. The number of carbonyl (C=O) groups is 3. The first-order valence-corrected chi connectivity index (χ1v) is 9.30. The maximum atomic E-state index is 12.2. The number of carbonyl (C=O) groups excluding carboxylic acids is 3. The summed E-state index contributed by atoms with van der Waals surface area (Å²) in [6.45, 7) is 3.11. The van der Waals surface area contributed by atoms with Crippen molar-refractivity contribution in [1.29, 1.82) is 0 Å². The van der Waals surface area contributed by atoms with Crippen molar-refractivity contribution in [2.45, 2.75) is 26.3 Å². The molecular formula is C18H20N2O7S. The monoisotopic (exact) mass is 408 g/mol. The molecule has 0 saturated carbocycles. The maximum absolute atomic E-state index is 12.2. The topological polar surface area (TPSA) is 125 Å². The summed E-state index contributed by atoms with van der Waals surface area (Å²) in [5.41, 5.74) is -0.0801. The Labute approximate surface area is 164 Å². The zero-order valence-electron chi connectivity index (χ0n) is 15.6. The third-order valence-electron chi connectivity index (χ3n) is 4.23. The number of rotatable bonds is 8. The number of ether oxygens (including phenoxy) is 2. The maximum Gasteiger partial charge on any atom is 0.348 e. The summed E-state index contributed by atoms with van der Waals surface area (Å²) in [6, 6.07) is 4.91. The van der Waals surface area contributed by atoms with E-state index in [-0.39, 0.29) is 16.5 Å². The predicted molar refractivity (Wildman–Crippen MR) is 102 cm³/mol. The van der Waals surface area contributed by atoms with Gasteiger partial charge in [0.15, 0.2) is 6.61 Å². The molecule has 2 rings (SSSR count). The van der Waals surface area contributed by atoms with Crippen molar-refractivity contribution >= 4 is 45.0 Å². The van der Waals surface area contributed by atoms with Gasteiger partial charge in [-0.3, -0.25) is 14.9 Å². The van der Waals surface area contributed by atoms with Crippen LogP contribution in [-0.2, 0) is 19.1 Å². The Hall–Kier alpha value is -3.01. The number of thiophene rings is 1. The second-order valence-electron chi connectivity index (χ2n) is 6.12. The fraction of sp³-hybridized carbons (Fsp3) is 0.389. The van der Waals surface area contributed by atoms with Crippen molar-refractivity contribution < 1.29 is 28.8 Å². The van der Waals surface area contributed by atoms with Crippen molar-refractivity contribution in [2.24, 2.45) is 5.92 Å². The molecule has 1 aromatic heterocycles. The highest BCUT2D eigenvalue weighted by Gasteiger charge is 2.27. The number of methoxy groups -OCH3 is 1. The van der Waals surface area contributed by atoms with E-state index < -0.39 is 35.4 Å². The van der Waals surface area contributed by atoms with Gasteiger partial charge in [0.05, 0.1) is 12.0 Å². The van der Waals surface area contributed by atoms with Crippen LogP contribution < -0.4 is 5.32 Å². The molecule has 1 N–H and O–H groups in total. The second-order valence-corrected chi connectivity index (χ2v) is 7.20. The molecule has 0 radical (unpaired) electrons. The molecule has 0 spiro atoms. The van der Waals surface area contributed by atoms with Gasteiger partial charge in [-0.1, -0.05) is 20.3 Å². The third kappa shape index (κ3) is 5.03. The van der Waals surface area contributed by atoms with E-state index in [9.17, 15) is 24.5 Å². The van der Waals surface area contributed by atoms with Crippen molar-refractivity contribution in [3.05, 3.63) is 39.3 Å². The Morgan fingerprint density at radius 1 is 1.29 bits per heavy atom. The van der Waals surface area contributed by atoms with Gasteiger partial charge < -0.3 is 14.8 Å². The van der Waals surface area contributed by atoms with Gasteiger partial charge in [-0.2, -0.15) is 0 Å². The minimum atomic E-state index is -0.828. The number of nitrogens with zero attached hydrogens (tertiary/aromatic N) is 1. The summed E-state index contributed by atoms with van der Waals surface area (Å²) in [6.07, 6.45) is 0.647. The Balaban J connectivity index is 2.00. The minimum absolute atomic E-state index is 0.0801. The van der Waals surface area contributed by atoms with Crippen LogP contribution in [0.25, 0.3) is 10.1 Å². The van der Waals surface area contributed by atoms with Crippen molar-refractivity contribution in [3.8, 4) is 0 Å². The standard InChI is InChI=1S/C18H20N2O7S/c1-4-10(2)16(18(23)26-3)19-15(21)9-27-17(22)14-8-11-7-12(20(24)25)5-6-13(11)28-14/h5-8,10,16H,4,9H2,1-3H3,(H,19,21)/t10-,16+/m0/s1. The first-order valence-electron chi connectivity index (χ1n) is 8.49. The summed E-state index contributed by atoms with van der Waals surface area (Å²) >= 11 is 1.11. The Kier molecular flexibility index (Phi) is 7.05. The van der Waals surface area contributed by atoms with Gasteiger partial charge in [-0.15, -0.1) is 11.3 Å². The average Bonchev–Trinajstić information content (AvgIpc) is 3.12. The third-order valence-corrected chi connectivity index (χ3v) is 5.33. The minimum Gasteiger partial charge on any atom is -0.467 e. The van der Waals surface area contributed by atoms with Crippen LogP contribution in [0.5, 0.6) is 0 Å². The van der Waals surface area contributed by atoms with Gasteiger partial charge in [-0.25, -0.2) is 9.59 Å². The summed E-state index contributed by atoms with van der Waals surface area (Å²) in [5, 5.41) is 13.9. The van der Waals surface area contributed by atoms with E-state index in [4.69, 9.17) is 4.74 Å². The van der Waals surface area contributed by atoms with Crippen molar-refractivity contribution in [2.75, 3.05) is 13.7 Å². The molecule has 0 unspecified atom stereocenters. The number of fused-ring (bicyclic) bond motifs is 1. The van der Waals surface area contributed by atoms with Crippen LogP contribution in [0.15, 0.2) is 24.3 Å². The van der Waals surface area contributed by atoms with Crippen molar-refractivity contribution in [3.63, 3.8) is 0 Å². The number of amides is 1. The second kappa shape index (κ2) is 9.27. The number of esters is 2. The molecular weight excluding hydrogens is 388 g/mol. The molecule has 0 aliphatic rings. The summed E-state index contributed by atoms with van der Waals surface area (Å²) < 4.78 is 10.4. The van der Waals surface area contributed by atoms with Gasteiger partial charge in [0.25, 0.3) is 11.6 Å². The molecule has 0 saturated heterocycles. The number of hydrogen-bond acceptors (Lipinski definition) is 8. The SMILES string of the molecule is CC[C@H](C)[C@@H](NC(=O)COC(=O)c1cc2cc([N+](=O)[O-])ccc2s1)C(=O)OC. The van der Waals surface area contributed by atoms with Crippen molar-refractivity contribution in [1.82, 2.24) is 5.32 Å². The Bertz CT molecular complexity index is 908. The van der Waals surface area contributed by atoms with Gasteiger partial charge in [0.1, 0.15) is 10.9 Å². The number of nitro benzene ring substituents is 1. The number of non-ortho nitro benzene ring substituents is 1. The highest BCUT2D eigenvalue weighted by Crippen LogP contribution is 2.29. The molecule has 1 heterocycles. The molecule has 28 heavy (non-hydrogen) atoms. The molecule has 0 fully saturated rings. The normalized spacial score (nSPS) is 12.8. The lowest BCUT2D eigenvalue weighted by Crippen LogP contribution is -2.47. The van der Waals surface area contributed by atoms with E-state index in [0.717, 1.165) is 11.3 Å². The molecule has 1 amide bonds. The summed E-state index contributed by atoms with van der Waals surface area (Å²) in [5.74, 6) is -2.07. The lowest BCUT2D eigenvalue weighted by molar-refractivity contribution is -0.384. The molecule has 9 nitrogen and oxygen atoms in total. The molecule has 0 aliphatic carbocycles. The molecule has 2 aromatic rings. The van der Waals surface area contributed by atoms with Crippen LogP contribution in [0, 0.1) is 16.0 Å². The Morgan fingerprint density at radius 3 is 2.61 bits per heavy atom. The van der Waals surface area contributed by atoms with Crippen LogP contribution in [0.1, 0.15) is 29.9 Å². The van der Waals surface area contributed by atoms with Crippen LogP contribution >= 0.6 is 11.3 Å². The predicted octanol–water partition coefficient (Wildman–Crippen LogP) is 2.67. The van der Waals surface area contributed by atoms with E-state index in [2.05, 4.69) is 10.1 Å². The molecule has 10 heteroatoms. The van der Waals surface area contributed by atoms with Gasteiger partial charge in [0, 0.05) is 22.2 Å². The van der Waals surface area contributed by atoms with Crippen LogP contribution in [0.4, 0.5) is 5.69 Å².